The van der Waals surface area contributed by atoms with Crippen LogP contribution in [0.3, 0.4) is 0 Å². The highest BCUT2D eigenvalue weighted by Crippen LogP contribution is 2.50. The molecule has 132 valence electrons. The summed E-state index contributed by atoms with van der Waals surface area (Å²) >= 11 is 0. The zero-order chi connectivity index (χ0) is 17.2. The molecule has 0 spiro atoms. The molecule has 1 aromatic carbocycles. The first-order chi connectivity index (χ1) is 11.4. The molecule has 0 aromatic heterocycles. The quantitative estimate of drug-likeness (QED) is 0.777. The number of ether oxygens (including phenoxy) is 1. The summed E-state index contributed by atoms with van der Waals surface area (Å²) in [6.45, 7) is 1.15. The van der Waals surface area contributed by atoms with Crippen LogP contribution in [-0.4, -0.2) is 39.0 Å². The number of nitrogens with one attached hydrogen (secondary N) is 2. The second kappa shape index (κ2) is 6.68. The van der Waals surface area contributed by atoms with Gasteiger partial charge in [0.2, 0.25) is 10.0 Å². The van der Waals surface area contributed by atoms with Crippen molar-refractivity contribution in [1.29, 1.82) is 0 Å². The zero-order valence-electron chi connectivity index (χ0n) is 13.3. The van der Waals surface area contributed by atoms with Crippen molar-refractivity contribution in [1.82, 2.24) is 10.0 Å². The van der Waals surface area contributed by atoms with Crippen LogP contribution in [0.5, 0.6) is 0 Å². The molecule has 0 atom stereocenters. The fourth-order valence-corrected chi connectivity index (χ4v) is 4.32. The van der Waals surface area contributed by atoms with Gasteiger partial charge in [-0.2, -0.15) is 0 Å². The van der Waals surface area contributed by atoms with Gasteiger partial charge in [-0.25, -0.2) is 22.3 Å². The van der Waals surface area contributed by atoms with Gasteiger partial charge in [0.25, 0.3) is 0 Å². The van der Waals surface area contributed by atoms with Gasteiger partial charge in [-0.1, -0.05) is 18.2 Å². The van der Waals surface area contributed by atoms with Gasteiger partial charge in [0.15, 0.2) is 0 Å². The minimum Gasteiger partial charge on any atom is -0.375 e. The molecular formula is C16H21FN2O4S. The number of hydrogen-bond acceptors (Lipinski definition) is 4. The number of carbonyl (C=O) groups excluding carboxylic acids is 1. The van der Waals surface area contributed by atoms with Gasteiger partial charge in [-0.3, -0.25) is 0 Å². The lowest BCUT2D eigenvalue weighted by Gasteiger charge is -2.35. The predicted octanol–water partition coefficient (Wildman–Crippen LogP) is 1.57. The molecule has 2 aliphatic heterocycles. The Morgan fingerprint density at radius 2 is 2.08 bits per heavy atom. The molecule has 3 fully saturated rings. The summed E-state index contributed by atoms with van der Waals surface area (Å²) in [6.07, 6.45) is 2.74. The Hall–Kier alpha value is -1.67. The summed E-state index contributed by atoms with van der Waals surface area (Å²) in [5.41, 5.74) is 0.196. The molecular weight excluding hydrogens is 335 g/mol. The zero-order valence-corrected chi connectivity index (χ0v) is 14.1. The van der Waals surface area contributed by atoms with Crippen molar-refractivity contribution < 1.29 is 22.3 Å². The standard InChI is InChI=1S/C16H21FN2O4S/c17-14-4-2-1-3-13(14)5-8-24(21,22)19-15(20)18-7-6-16-9-12(10-16)11-23-16/h1-4,12H,5-11H2,(H2,18,19,20). The van der Waals surface area contributed by atoms with E-state index in [0.29, 0.717) is 24.4 Å². The van der Waals surface area contributed by atoms with Crippen LogP contribution in [0.1, 0.15) is 24.8 Å². The molecule has 1 saturated carbocycles. The summed E-state index contributed by atoms with van der Waals surface area (Å²) in [6, 6.07) is 5.22. The highest BCUT2D eigenvalue weighted by molar-refractivity contribution is 7.90. The van der Waals surface area contributed by atoms with Crippen LogP contribution in [0.15, 0.2) is 24.3 Å². The average molecular weight is 356 g/mol. The second-order valence-corrected chi connectivity index (χ2v) is 8.38. The van der Waals surface area contributed by atoms with E-state index in [1.807, 2.05) is 4.72 Å². The first-order valence-corrected chi connectivity index (χ1v) is 9.68. The first kappa shape index (κ1) is 17.2. The van der Waals surface area contributed by atoms with E-state index in [9.17, 15) is 17.6 Å². The summed E-state index contributed by atoms with van der Waals surface area (Å²) in [5.74, 6) is -0.153. The van der Waals surface area contributed by atoms with E-state index in [1.165, 1.54) is 18.2 Å². The van der Waals surface area contributed by atoms with Gasteiger partial charge in [0.1, 0.15) is 5.82 Å². The minimum atomic E-state index is -3.81. The van der Waals surface area contributed by atoms with Crippen LogP contribution in [-0.2, 0) is 21.2 Å². The molecule has 8 heteroatoms. The topological polar surface area (TPSA) is 84.5 Å². The van der Waals surface area contributed by atoms with Gasteiger partial charge in [0.05, 0.1) is 18.0 Å². The Balaban J connectivity index is 1.40. The summed E-state index contributed by atoms with van der Waals surface area (Å²) in [5, 5.41) is 2.54. The Labute approximate surface area is 140 Å². The number of carbonyl (C=O) groups is 1. The number of aryl methyl sites for hydroxylation is 1. The van der Waals surface area contributed by atoms with Crippen LogP contribution in [0, 0.1) is 11.7 Å². The molecule has 6 nitrogen and oxygen atoms in total. The number of amides is 2. The number of sulfonamides is 1. The molecule has 0 unspecified atom stereocenters. The first-order valence-electron chi connectivity index (χ1n) is 8.03. The van der Waals surface area contributed by atoms with E-state index in [4.69, 9.17) is 4.74 Å². The van der Waals surface area contributed by atoms with Gasteiger partial charge in [-0.15, -0.1) is 0 Å². The number of hydrogen-bond donors (Lipinski definition) is 2. The van der Waals surface area contributed by atoms with Gasteiger partial charge in [0, 0.05) is 6.54 Å². The van der Waals surface area contributed by atoms with Crippen LogP contribution in [0.4, 0.5) is 9.18 Å². The number of benzene rings is 1. The van der Waals surface area contributed by atoms with E-state index in [2.05, 4.69) is 5.32 Å². The fraction of sp³-hybridized carbons (Fsp3) is 0.562. The molecule has 24 heavy (non-hydrogen) atoms. The van der Waals surface area contributed by atoms with Crippen molar-refractivity contribution in [3.8, 4) is 0 Å². The van der Waals surface area contributed by atoms with E-state index in [-0.39, 0.29) is 17.8 Å². The molecule has 4 rings (SSSR count). The summed E-state index contributed by atoms with van der Waals surface area (Å²) in [4.78, 5) is 11.7. The van der Waals surface area contributed by atoms with Gasteiger partial charge >= 0.3 is 6.03 Å². The summed E-state index contributed by atoms with van der Waals surface area (Å²) < 4.78 is 44.9. The van der Waals surface area contributed by atoms with Crippen molar-refractivity contribution in [3.05, 3.63) is 35.6 Å². The van der Waals surface area contributed by atoms with Crippen molar-refractivity contribution >= 4 is 16.1 Å². The average Bonchev–Trinajstić information content (AvgIpc) is 3.06. The Morgan fingerprint density at radius 3 is 2.75 bits per heavy atom. The third-order valence-corrected chi connectivity index (χ3v) is 5.90. The predicted molar refractivity (Wildman–Crippen MR) is 86.4 cm³/mol. The maximum atomic E-state index is 13.5. The lowest BCUT2D eigenvalue weighted by atomic mass is 9.73. The Morgan fingerprint density at radius 1 is 1.33 bits per heavy atom. The molecule has 2 bridgehead atoms. The Kier molecular flexibility index (Phi) is 4.78. The summed E-state index contributed by atoms with van der Waals surface area (Å²) in [7, 11) is -3.81. The monoisotopic (exact) mass is 356 g/mol. The largest absolute Gasteiger partial charge is 0.375 e. The third-order valence-electron chi connectivity index (χ3n) is 4.66. The van der Waals surface area contributed by atoms with E-state index >= 15 is 0 Å². The molecule has 1 aliphatic carbocycles. The van der Waals surface area contributed by atoms with Crippen LogP contribution in [0.25, 0.3) is 0 Å². The van der Waals surface area contributed by atoms with Crippen LogP contribution < -0.4 is 10.0 Å². The van der Waals surface area contributed by atoms with Crippen molar-refractivity contribution in [2.24, 2.45) is 5.92 Å². The normalized spacial score (nSPS) is 25.1. The molecule has 0 radical (unpaired) electrons. The highest BCUT2D eigenvalue weighted by atomic mass is 32.2. The SMILES string of the molecule is O=C(NCCC12CC(CO1)C2)NS(=O)(=O)CCc1ccccc1F. The minimum absolute atomic E-state index is 0.00757. The maximum Gasteiger partial charge on any atom is 0.328 e. The van der Waals surface area contributed by atoms with E-state index in [0.717, 1.165) is 19.4 Å². The lowest BCUT2D eigenvalue weighted by molar-refractivity contribution is -0.00471. The third kappa shape index (κ3) is 4.05. The number of rotatable bonds is 7. The molecule has 2 N–H and O–H groups in total. The number of urea groups is 1. The van der Waals surface area contributed by atoms with Crippen LogP contribution >= 0.6 is 0 Å². The molecule has 1 aromatic rings. The molecule has 2 saturated heterocycles. The Bertz CT molecular complexity index is 711. The van der Waals surface area contributed by atoms with Crippen molar-refractivity contribution in [3.63, 3.8) is 0 Å². The lowest BCUT2D eigenvalue weighted by Crippen LogP contribution is -2.44. The van der Waals surface area contributed by atoms with E-state index < -0.39 is 21.9 Å². The van der Waals surface area contributed by atoms with Gasteiger partial charge < -0.3 is 10.1 Å². The van der Waals surface area contributed by atoms with Crippen molar-refractivity contribution in [2.75, 3.05) is 18.9 Å². The molecule has 2 heterocycles. The van der Waals surface area contributed by atoms with Crippen molar-refractivity contribution in [2.45, 2.75) is 31.3 Å². The molecule has 3 aliphatic rings. The second-order valence-electron chi connectivity index (χ2n) is 6.54. The number of halogens is 1. The maximum absolute atomic E-state index is 13.5. The fourth-order valence-electron chi connectivity index (χ4n) is 3.38. The molecule has 2 amide bonds. The van der Waals surface area contributed by atoms with Gasteiger partial charge in [-0.05, 0) is 43.2 Å². The smallest absolute Gasteiger partial charge is 0.328 e. The van der Waals surface area contributed by atoms with E-state index in [1.54, 1.807) is 6.07 Å². The highest BCUT2D eigenvalue weighted by Gasteiger charge is 2.51. The number of fused-ring (bicyclic) bond motifs is 1. The van der Waals surface area contributed by atoms with Crippen LogP contribution in [0.2, 0.25) is 0 Å².